The third-order valence-corrected chi connectivity index (χ3v) is 3.57. The van der Waals surface area contributed by atoms with E-state index in [9.17, 15) is 18.3 Å². The second kappa shape index (κ2) is 4.65. The van der Waals surface area contributed by atoms with Crippen LogP contribution in [0.2, 0.25) is 0 Å². The van der Waals surface area contributed by atoms with Gasteiger partial charge in [0.1, 0.15) is 11.5 Å². The average Bonchev–Trinajstić information content (AvgIpc) is 3.19. The standard InChI is InChI=1S/C12H10F3N7O/c13-12(14,15)11-19-10(20-21-11)8-9(6-2-16-4-17-6)22-3-5(23)1-7(22)18-8/h2,4-5,23H,1,3H2,(H,16,17)(H,19,20,21). The molecule has 23 heavy (non-hydrogen) atoms. The number of halogens is 3. The SMILES string of the molecule is OC1Cc2nc(-c3nc(C(F)(F)F)n[nH]3)c(-c3cnc[nH]3)n2C1. The number of aromatic amines is 2. The highest BCUT2D eigenvalue weighted by Gasteiger charge is 2.37. The van der Waals surface area contributed by atoms with Crippen LogP contribution < -0.4 is 0 Å². The van der Waals surface area contributed by atoms with E-state index in [1.807, 2.05) is 0 Å². The lowest BCUT2D eigenvalue weighted by molar-refractivity contribution is -0.144. The number of imidazole rings is 2. The Hall–Kier alpha value is -2.69. The normalized spacial score (nSPS) is 17.7. The summed E-state index contributed by atoms with van der Waals surface area (Å²) in [4.78, 5) is 14.6. The van der Waals surface area contributed by atoms with E-state index < -0.39 is 18.1 Å². The molecule has 0 spiro atoms. The van der Waals surface area contributed by atoms with Gasteiger partial charge < -0.3 is 14.7 Å². The zero-order valence-corrected chi connectivity index (χ0v) is 11.5. The van der Waals surface area contributed by atoms with Crippen molar-refractivity contribution in [3.63, 3.8) is 0 Å². The molecule has 0 saturated carbocycles. The minimum Gasteiger partial charge on any atom is -0.391 e. The van der Waals surface area contributed by atoms with Crippen LogP contribution in [0, 0.1) is 0 Å². The van der Waals surface area contributed by atoms with Gasteiger partial charge in [0.05, 0.1) is 36.6 Å². The highest BCUT2D eigenvalue weighted by atomic mass is 19.4. The predicted octanol–water partition coefficient (Wildman–Crippen LogP) is 0.994. The van der Waals surface area contributed by atoms with E-state index in [1.165, 1.54) is 12.5 Å². The van der Waals surface area contributed by atoms with Crippen LogP contribution in [-0.4, -0.2) is 45.9 Å². The number of hydrogen-bond acceptors (Lipinski definition) is 5. The second-order valence-electron chi connectivity index (χ2n) is 5.16. The Labute approximate surface area is 126 Å². The fraction of sp³-hybridized carbons (Fsp3) is 0.333. The molecule has 0 saturated heterocycles. The summed E-state index contributed by atoms with van der Waals surface area (Å²) in [5.74, 6) is -0.767. The maximum absolute atomic E-state index is 12.7. The Balaban J connectivity index is 1.87. The number of rotatable bonds is 2. The first-order valence-electron chi connectivity index (χ1n) is 6.69. The molecule has 0 radical (unpaired) electrons. The molecule has 0 aromatic carbocycles. The van der Waals surface area contributed by atoms with Gasteiger partial charge in [0.2, 0.25) is 0 Å². The number of aromatic nitrogens is 7. The van der Waals surface area contributed by atoms with Crippen molar-refractivity contribution in [2.45, 2.75) is 25.2 Å². The van der Waals surface area contributed by atoms with Crippen LogP contribution in [0.3, 0.4) is 0 Å². The molecule has 3 N–H and O–H groups in total. The molecule has 11 heteroatoms. The number of aliphatic hydroxyl groups excluding tert-OH is 1. The number of alkyl halides is 3. The van der Waals surface area contributed by atoms with Gasteiger partial charge in [-0.2, -0.15) is 13.2 Å². The molecule has 4 heterocycles. The lowest BCUT2D eigenvalue weighted by Crippen LogP contribution is -2.09. The van der Waals surface area contributed by atoms with Crippen molar-refractivity contribution in [3.05, 3.63) is 24.2 Å². The first-order chi connectivity index (χ1) is 10.9. The van der Waals surface area contributed by atoms with Crippen LogP contribution in [0.1, 0.15) is 11.6 Å². The molecule has 1 unspecified atom stereocenters. The van der Waals surface area contributed by atoms with Crippen LogP contribution in [0.15, 0.2) is 12.5 Å². The summed E-state index contributed by atoms with van der Waals surface area (Å²) in [6.07, 6.45) is -1.91. The molecule has 1 aliphatic rings. The van der Waals surface area contributed by atoms with E-state index in [2.05, 4.69) is 30.1 Å². The Morgan fingerprint density at radius 1 is 1.30 bits per heavy atom. The summed E-state index contributed by atoms with van der Waals surface area (Å²) in [5, 5.41) is 15.2. The van der Waals surface area contributed by atoms with E-state index in [1.54, 1.807) is 4.57 Å². The molecule has 0 fully saturated rings. The van der Waals surface area contributed by atoms with Gasteiger partial charge in [0.15, 0.2) is 5.82 Å². The van der Waals surface area contributed by atoms with Crippen molar-refractivity contribution >= 4 is 0 Å². The fourth-order valence-electron chi connectivity index (χ4n) is 2.66. The third kappa shape index (κ3) is 2.20. The molecule has 1 aliphatic heterocycles. The minimum absolute atomic E-state index is 0.0849. The zero-order chi connectivity index (χ0) is 16.2. The fourth-order valence-corrected chi connectivity index (χ4v) is 2.66. The van der Waals surface area contributed by atoms with Gasteiger partial charge in [-0.25, -0.2) is 15.0 Å². The lowest BCUT2D eigenvalue weighted by atomic mass is 10.2. The molecule has 120 valence electrons. The van der Waals surface area contributed by atoms with E-state index in [4.69, 9.17) is 0 Å². The number of nitrogens with zero attached hydrogens (tertiary/aromatic N) is 5. The molecule has 8 nitrogen and oxygen atoms in total. The van der Waals surface area contributed by atoms with Gasteiger partial charge in [-0.1, -0.05) is 0 Å². The summed E-state index contributed by atoms with van der Waals surface area (Å²) in [6, 6.07) is 0. The van der Waals surface area contributed by atoms with E-state index in [0.717, 1.165) is 0 Å². The largest absolute Gasteiger partial charge is 0.453 e. The Morgan fingerprint density at radius 3 is 2.78 bits per heavy atom. The molecular formula is C12H10F3N7O. The molecule has 0 amide bonds. The first kappa shape index (κ1) is 13.9. The predicted molar refractivity (Wildman–Crippen MR) is 69.9 cm³/mol. The Kier molecular flexibility index (Phi) is 2.82. The summed E-state index contributed by atoms with van der Waals surface area (Å²) in [5.41, 5.74) is 1.32. The summed E-state index contributed by atoms with van der Waals surface area (Å²) < 4.78 is 39.8. The third-order valence-electron chi connectivity index (χ3n) is 3.57. The number of fused-ring (bicyclic) bond motifs is 1. The van der Waals surface area contributed by atoms with Gasteiger partial charge in [0.25, 0.3) is 5.82 Å². The summed E-state index contributed by atoms with van der Waals surface area (Å²) >= 11 is 0. The van der Waals surface area contributed by atoms with Crippen molar-refractivity contribution in [1.29, 1.82) is 0 Å². The molecule has 0 aliphatic carbocycles. The lowest BCUT2D eigenvalue weighted by Gasteiger charge is -2.06. The van der Waals surface area contributed by atoms with Crippen LogP contribution in [-0.2, 0) is 19.1 Å². The van der Waals surface area contributed by atoms with Crippen molar-refractivity contribution in [2.24, 2.45) is 0 Å². The maximum Gasteiger partial charge on any atom is 0.453 e. The summed E-state index contributed by atoms with van der Waals surface area (Å²) in [6.45, 7) is 0.303. The van der Waals surface area contributed by atoms with Crippen LogP contribution in [0.4, 0.5) is 13.2 Å². The zero-order valence-electron chi connectivity index (χ0n) is 11.5. The number of hydrogen-bond donors (Lipinski definition) is 3. The van der Waals surface area contributed by atoms with E-state index in [-0.39, 0.29) is 11.5 Å². The van der Waals surface area contributed by atoms with Crippen molar-refractivity contribution in [3.8, 4) is 22.9 Å². The smallest absolute Gasteiger partial charge is 0.391 e. The van der Waals surface area contributed by atoms with Gasteiger partial charge >= 0.3 is 6.18 Å². The Morgan fingerprint density at radius 2 is 2.13 bits per heavy atom. The van der Waals surface area contributed by atoms with Gasteiger partial charge in [0, 0.05) is 6.42 Å². The molecule has 3 aromatic rings. The molecule has 3 aromatic heterocycles. The van der Waals surface area contributed by atoms with Gasteiger partial charge in [-0.3, -0.25) is 5.10 Å². The van der Waals surface area contributed by atoms with Gasteiger partial charge in [-0.05, 0) is 0 Å². The number of aliphatic hydroxyl groups is 1. The van der Waals surface area contributed by atoms with Crippen molar-refractivity contribution in [2.75, 3.05) is 0 Å². The second-order valence-corrected chi connectivity index (χ2v) is 5.16. The Bertz CT molecular complexity index is 849. The van der Waals surface area contributed by atoms with Crippen molar-refractivity contribution in [1.82, 2.24) is 34.7 Å². The number of nitrogens with one attached hydrogen (secondary N) is 2. The number of H-pyrrole nitrogens is 2. The monoisotopic (exact) mass is 325 g/mol. The van der Waals surface area contributed by atoms with Crippen LogP contribution in [0.25, 0.3) is 22.9 Å². The van der Waals surface area contributed by atoms with Crippen molar-refractivity contribution < 1.29 is 18.3 Å². The molecule has 0 bridgehead atoms. The van der Waals surface area contributed by atoms with Crippen LogP contribution >= 0.6 is 0 Å². The van der Waals surface area contributed by atoms with Crippen LogP contribution in [0.5, 0.6) is 0 Å². The van der Waals surface area contributed by atoms with E-state index in [0.29, 0.717) is 30.2 Å². The highest BCUT2D eigenvalue weighted by Crippen LogP contribution is 2.34. The average molecular weight is 325 g/mol. The first-order valence-corrected chi connectivity index (χ1v) is 6.69. The molecular weight excluding hydrogens is 315 g/mol. The quantitative estimate of drug-likeness (QED) is 0.651. The highest BCUT2D eigenvalue weighted by molar-refractivity contribution is 5.73. The molecule has 4 rings (SSSR count). The van der Waals surface area contributed by atoms with Gasteiger partial charge in [-0.15, -0.1) is 5.10 Å². The topological polar surface area (TPSA) is 108 Å². The molecule has 1 atom stereocenters. The maximum atomic E-state index is 12.7. The minimum atomic E-state index is -4.64. The summed E-state index contributed by atoms with van der Waals surface area (Å²) in [7, 11) is 0. The van der Waals surface area contributed by atoms with E-state index >= 15 is 0 Å².